The van der Waals surface area contributed by atoms with Crippen LogP contribution in [0.5, 0.6) is 0 Å². The molecular weight excluding hydrogens is 210 g/mol. The van der Waals surface area contributed by atoms with Crippen LogP contribution in [-0.2, 0) is 0 Å². The van der Waals surface area contributed by atoms with Crippen LogP contribution in [0.2, 0.25) is 0 Å². The standard InChI is InChI=1S/C6H4BrN3O/c7-5-1-4-2-8-9-6(4)10(11)3-5/h1-3,11H/p+1. The molecule has 0 aliphatic carbocycles. The van der Waals surface area contributed by atoms with Gasteiger partial charge in [0.15, 0.2) is 6.20 Å². The molecule has 4 nitrogen and oxygen atoms in total. The highest BCUT2D eigenvalue weighted by Crippen LogP contribution is 2.12. The summed E-state index contributed by atoms with van der Waals surface area (Å²) in [6.07, 6.45) is 3.19. The van der Waals surface area contributed by atoms with Crippen molar-refractivity contribution in [3.05, 3.63) is 22.9 Å². The van der Waals surface area contributed by atoms with Crippen molar-refractivity contribution in [2.24, 2.45) is 0 Å². The Bertz CT molecular complexity index is 398. The van der Waals surface area contributed by atoms with E-state index in [2.05, 4.69) is 26.1 Å². The van der Waals surface area contributed by atoms with Gasteiger partial charge in [0, 0.05) is 0 Å². The molecule has 0 saturated carbocycles. The Kier molecular flexibility index (Phi) is 1.32. The molecule has 0 saturated heterocycles. The number of aromatic amines is 1. The van der Waals surface area contributed by atoms with Crippen molar-refractivity contribution in [2.75, 3.05) is 0 Å². The molecule has 2 heterocycles. The summed E-state index contributed by atoms with van der Waals surface area (Å²) in [7, 11) is 0. The van der Waals surface area contributed by atoms with E-state index in [0.717, 1.165) is 14.6 Å². The van der Waals surface area contributed by atoms with E-state index < -0.39 is 0 Å². The Morgan fingerprint density at radius 2 is 2.45 bits per heavy atom. The molecule has 0 radical (unpaired) electrons. The van der Waals surface area contributed by atoms with Gasteiger partial charge in [-0.3, -0.25) is 0 Å². The first kappa shape index (κ1) is 6.60. The molecule has 5 heteroatoms. The van der Waals surface area contributed by atoms with Crippen LogP contribution < -0.4 is 4.73 Å². The highest BCUT2D eigenvalue weighted by Gasteiger charge is 2.08. The summed E-state index contributed by atoms with van der Waals surface area (Å²) < 4.78 is 1.81. The molecular formula is C6H5BrN3O+. The fourth-order valence-corrected chi connectivity index (χ4v) is 1.39. The number of H-pyrrole nitrogens is 1. The average Bonchev–Trinajstić information content (AvgIpc) is 2.34. The molecule has 0 spiro atoms. The van der Waals surface area contributed by atoms with E-state index in [0.29, 0.717) is 5.65 Å². The average molecular weight is 215 g/mol. The lowest BCUT2D eigenvalue weighted by Crippen LogP contribution is -2.30. The number of nitrogens with zero attached hydrogens (tertiary/aromatic N) is 2. The first-order valence-corrected chi connectivity index (χ1v) is 3.80. The molecule has 0 aliphatic heterocycles. The van der Waals surface area contributed by atoms with Gasteiger partial charge in [-0.05, 0) is 26.7 Å². The summed E-state index contributed by atoms with van der Waals surface area (Å²) in [6, 6.07) is 1.87. The Balaban J connectivity index is 2.91. The first-order chi connectivity index (χ1) is 5.27. The van der Waals surface area contributed by atoms with Crippen LogP contribution in [0.1, 0.15) is 0 Å². The largest absolute Gasteiger partial charge is 0.350 e. The lowest BCUT2D eigenvalue weighted by Gasteiger charge is -1.89. The number of rotatable bonds is 0. The van der Waals surface area contributed by atoms with E-state index in [1.807, 2.05) is 6.07 Å². The van der Waals surface area contributed by atoms with E-state index in [1.165, 1.54) is 0 Å². The Morgan fingerprint density at radius 1 is 1.64 bits per heavy atom. The maximum absolute atomic E-state index is 9.26. The van der Waals surface area contributed by atoms with Crippen LogP contribution in [0, 0.1) is 0 Å². The molecule has 2 aromatic rings. The smallest absolute Gasteiger partial charge is 0.347 e. The van der Waals surface area contributed by atoms with Crippen molar-refractivity contribution in [3.63, 3.8) is 0 Å². The zero-order valence-corrected chi connectivity index (χ0v) is 7.04. The third-order valence-corrected chi connectivity index (χ3v) is 1.85. The van der Waals surface area contributed by atoms with Crippen molar-refractivity contribution < 1.29 is 9.94 Å². The lowest BCUT2D eigenvalue weighted by atomic mass is 10.4. The van der Waals surface area contributed by atoms with Crippen LogP contribution in [0.4, 0.5) is 0 Å². The van der Waals surface area contributed by atoms with Crippen molar-refractivity contribution in [1.82, 2.24) is 10.2 Å². The lowest BCUT2D eigenvalue weighted by molar-refractivity contribution is -0.886. The van der Waals surface area contributed by atoms with Crippen LogP contribution in [-0.4, -0.2) is 15.4 Å². The fourth-order valence-electron chi connectivity index (χ4n) is 0.945. The number of aromatic nitrogens is 3. The molecule has 0 atom stereocenters. The Morgan fingerprint density at radius 3 is 3.27 bits per heavy atom. The fraction of sp³-hybridized carbons (Fsp3) is 0. The summed E-state index contributed by atoms with van der Waals surface area (Å²) >= 11 is 3.25. The van der Waals surface area contributed by atoms with Gasteiger partial charge in [-0.1, -0.05) is 5.10 Å². The molecule has 0 aliphatic rings. The SMILES string of the molecule is O[n+]1cc(Br)cc2cn[nH]c21. The van der Waals surface area contributed by atoms with E-state index in [1.54, 1.807) is 12.4 Å². The molecule has 0 amide bonds. The molecule has 2 aromatic heterocycles. The maximum atomic E-state index is 9.26. The van der Waals surface area contributed by atoms with E-state index in [9.17, 15) is 5.21 Å². The number of halogens is 1. The monoisotopic (exact) mass is 214 g/mol. The van der Waals surface area contributed by atoms with Crippen LogP contribution in [0.3, 0.4) is 0 Å². The second kappa shape index (κ2) is 2.20. The highest BCUT2D eigenvalue weighted by atomic mass is 79.9. The zero-order valence-electron chi connectivity index (χ0n) is 5.45. The number of fused-ring (bicyclic) bond motifs is 1. The molecule has 0 fully saturated rings. The number of pyridine rings is 1. The van der Waals surface area contributed by atoms with Gasteiger partial charge in [-0.15, -0.1) is 5.10 Å². The van der Waals surface area contributed by atoms with Gasteiger partial charge in [0.05, 0.1) is 16.1 Å². The molecule has 2 rings (SSSR count). The van der Waals surface area contributed by atoms with Crippen molar-refractivity contribution >= 4 is 27.0 Å². The topological polar surface area (TPSA) is 52.8 Å². The van der Waals surface area contributed by atoms with E-state index in [4.69, 9.17) is 0 Å². The first-order valence-electron chi connectivity index (χ1n) is 3.01. The van der Waals surface area contributed by atoms with Crippen LogP contribution >= 0.6 is 15.9 Å². The molecule has 2 N–H and O–H groups in total. The maximum Gasteiger partial charge on any atom is 0.347 e. The predicted octanol–water partition coefficient (Wildman–Crippen LogP) is 0.850. The van der Waals surface area contributed by atoms with Gasteiger partial charge < -0.3 is 5.21 Å². The second-order valence-corrected chi connectivity index (χ2v) is 3.09. The van der Waals surface area contributed by atoms with Gasteiger partial charge in [0.1, 0.15) is 0 Å². The normalized spacial score (nSPS) is 10.6. The van der Waals surface area contributed by atoms with Crippen LogP contribution in [0.25, 0.3) is 11.0 Å². The summed E-state index contributed by atoms with van der Waals surface area (Å²) in [5.74, 6) is 0. The quantitative estimate of drug-likeness (QED) is 0.505. The summed E-state index contributed by atoms with van der Waals surface area (Å²) in [4.78, 5) is 0. The van der Waals surface area contributed by atoms with Crippen molar-refractivity contribution in [1.29, 1.82) is 0 Å². The van der Waals surface area contributed by atoms with E-state index in [-0.39, 0.29) is 0 Å². The Labute approximate surface area is 70.6 Å². The predicted molar refractivity (Wildman–Crippen MR) is 41.2 cm³/mol. The van der Waals surface area contributed by atoms with Gasteiger partial charge in [0.2, 0.25) is 0 Å². The summed E-state index contributed by atoms with van der Waals surface area (Å²) in [5.41, 5.74) is 0.591. The summed E-state index contributed by atoms with van der Waals surface area (Å²) in [5, 5.41) is 16.6. The number of hydrogen-bond acceptors (Lipinski definition) is 2. The zero-order chi connectivity index (χ0) is 7.84. The third kappa shape index (κ3) is 0.970. The van der Waals surface area contributed by atoms with Gasteiger partial charge in [0.25, 0.3) is 0 Å². The van der Waals surface area contributed by atoms with Crippen molar-refractivity contribution in [2.45, 2.75) is 0 Å². The number of nitrogens with one attached hydrogen (secondary N) is 1. The second-order valence-electron chi connectivity index (χ2n) is 2.18. The van der Waals surface area contributed by atoms with Crippen LogP contribution in [0.15, 0.2) is 22.9 Å². The molecule has 0 bridgehead atoms. The summed E-state index contributed by atoms with van der Waals surface area (Å²) in [6.45, 7) is 0. The molecule has 0 unspecified atom stereocenters. The van der Waals surface area contributed by atoms with E-state index >= 15 is 0 Å². The minimum absolute atomic E-state index is 0.591. The number of hydrogen-bond donors (Lipinski definition) is 2. The minimum Gasteiger partial charge on any atom is -0.350 e. The third-order valence-electron chi connectivity index (χ3n) is 1.42. The molecule has 11 heavy (non-hydrogen) atoms. The van der Waals surface area contributed by atoms with Gasteiger partial charge in [-0.25, -0.2) is 0 Å². The van der Waals surface area contributed by atoms with Gasteiger partial charge >= 0.3 is 5.65 Å². The molecule has 56 valence electrons. The molecule has 0 aromatic carbocycles. The van der Waals surface area contributed by atoms with Crippen molar-refractivity contribution in [3.8, 4) is 0 Å². The highest BCUT2D eigenvalue weighted by molar-refractivity contribution is 9.10. The Hall–Kier alpha value is -1.10. The minimum atomic E-state index is 0.591. The van der Waals surface area contributed by atoms with Gasteiger partial charge in [-0.2, -0.15) is 0 Å².